The first kappa shape index (κ1) is 10.4. The molecule has 0 aliphatic carbocycles. The molecule has 0 radical (unpaired) electrons. The zero-order chi connectivity index (χ0) is 11.5. The number of hydrogen-bond donors (Lipinski definition) is 1. The molecule has 0 unspecified atom stereocenters. The Morgan fingerprint density at radius 2 is 2.00 bits per heavy atom. The molecule has 2 aromatic carbocycles. The van der Waals surface area contributed by atoms with E-state index in [-0.39, 0.29) is 5.75 Å². The minimum atomic E-state index is 0.0290. The average Bonchev–Trinajstić information content (AvgIpc) is 2.30. The SMILES string of the molecule is C/C=C/c1ccc2c(C=O)c(O)ccc2c1. The lowest BCUT2D eigenvalue weighted by Crippen LogP contribution is -1.85. The molecule has 2 heteroatoms. The van der Waals surface area contributed by atoms with Crippen LogP contribution in [0.3, 0.4) is 0 Å². The van der Waals surface area contributed by atoms with Crippen molar-refractivity contribution >= 4 is 23.1 Å². The number of phenols is 1. The lowest BCUT2D eigenvalue weighted by Gasteiger charge is -2.04. The summed E-state index contributed by atoms with van der Waals surface area (Å²) in [5.74, 6) is 0.0290. The highest BCUT2D eigenvalue weighted by Gasteiger charge is 2.05. The second-order valence-corrected chi connectivity index (χ2v) is 3.60. The van der Waals surface area contributed by atoms with Crippen LogP contribution in [0.4, 0.5) is 0 Å². The highest BCUT2D eigenvalue weighted by atomic mass is 16.3. The molecular weight excluding hydrogens is 200 g/mol. The molecule has 1 N–H and O–H groups in total. The highest BCUT2D eigenvalue weighted by Crippen LogP contribution is 2.26. The van der Waals surface area contributed by atoms with E-state index in [1.165, 1.54) is 0 Å². The van der Waals surface area contributed by atoms with Gasteiger partial charge < -0.3 is 5.11 Å². The maximum absolute atomic E-state index is 10.9. The molecule has 0 spiro atoms. The molecule has 2 aromatic rings. The third-order valence-electron chi connectivity index (χ3n) is 2.54. The standard InChI is InChI=1S/C14H12O2/c1-2-3-10-4-6-12-11(8-10)5-7-14(16)13(12)9-15/h2-9,16H,1H3/b3-2+. The molecule has 0 amide bonds. The Labute approximate surface area is 93.8 Å². The number of carbonyl (C=O) groups is 1. The maximum atomic E-state index is 10.9. The molecule has 80 valence electrons. The summed E-state index contributed by atoms with van der Waals surface area (Å²) in [5.41, 5.74) is 1.43. The fraction of sp³-hybridized carbons (Fsp3) is 0.0714. The second-order valence-electron chi connectivity index (χ2n) is 3.60. The summed E-state index contributed by atoms with van der Waals surface area (Å²) in [5, 5.41) is 11.3. The van der Waals surface area contributed by atoms with Crippen molar-refractivity contribution < 1.29 is 9.90 Å². The first-order valence-electron chi connectivity index (χ1n) is 5.10. The number of phenolic OH excluding ortho intramolecular Hbond substituents is 1. The third kappa shape index (κ3) is 1.70. The second kappa shape index (κ2) is 4.19. The zero-order valence-electron chi connectivity index (χ0n) is 8.97. The molecule has 0 aromatic heterocycles. The van der Waals surface area contributed by atoms with Gasteiger partial charge in [0, 0.05) is 0 Å². The summed E-state index contributed by atoms with van der Waals surface area (Å²) < 4.78 is 0. The molecule has 16 heavy (non-hydrogen) atoms. The van der Waals surface area contributed by atoms with E-state index in [2.05, 4.69) is 0 Å². The van der Waals surface area contributed by atoms with Gasteiger partial charge in [0.05, 0.1) is 5.56 Å². The number of fused-ring (bicyclic) bond motifs is 1. The van der Waals surface area contributed by atoms with Crippen LogP contribution >= 0.6 is 0 Å². The van der Waals surface area contributed by atoms with Crippen LogP contribution in [0.15, 0.2) is 36.4 Å². The first-order chi connectivity index (χ1) is 7.76. The van der Waals surface area contributed by atoms with Crippen molar-refractivity contribution in [3.05, 3.63) is 47.5 Å². The lowest BCUT2D eigenvalue weighted by molar-refractivity contribution is 0.112. The first-order valence-corrected chi connectivity index (χ1v) is 5.10. The van der Waals surface area contributed by atoms with Crippen LogP contribution in [0.25, 0.3) is 16.8 Å². The topological polar surface area (TPSA) is 37.3 Å². The van der Waals surface area contributed by atoms with Crippen molar-refractivity contribution in [2.45, 2.75) is 6.92 Å². The van der Waals surface area contributed by atoms with E-state index in [1.54, 1.807) is 6.07 Å². The minimum Gasteiger partial charge on any atom is -0.507 e. The fourth-order valence-electron chi connectivity index (χ4n) is 1.78. The van der Waals surface area contributed by atoms with Crippen LogP contribution in [-0.4, -0.2) is 11.4 Å². The largest absolute Gasteiger partial charge is 0.507 e. The molecule has 0 atom stereocenters. The van der Waals surface area contributed by atoms with Crippen LogP contribution in [0.5, 0.6) is 5.75 Å². The smallest absolute Gasteiger partial charge is 0.154 e. The number of rotatable bonds is 2. The van der Waals surface area contributed by atoms with E-state index in [0.29, 0.717) is 11.8 Å². The Morgan fingerprint density at radius 1 is 1.19 bits per heavy atom. The number of aldehydes is 1. The fourth-order valence-corrected chi connectivity index (χ4v) is 1.78. The molecule has 0 aliphatic heterocycles. The van der Waals surface area contributed by atoms with Gasteiger partial charge in [0.15, 0.2) is 6.29 Å². The number of carbonyl (C=O) groups excluding carboxylic acids is 1. The van der Waals surface area contributed by atoms with E-state index in [4.69, 9.17) is 0 Å². The normalized spacial score (nSPS) is 11.1. The van der Waals surface area contributed by atoms with Crippen molar-refractivity contribution in [2.24, 2.45) is 0 Å². The molecule has 2 nitrogen and oxygen atoms in total. The maximum Gasteiger partial charge on any atom is 0.154 e. The lowest BCUT2D eigenvalue weighted by atomic mass is 10.0. The van der Waals surface area contributed by atoms with E-state index in [9.17, 15) is 9.90 Å². The molecule has 2 rings (SSSR count). The molecular formula is C14H12O2. The monoisotopic (exact) mass is 212 g/mol. The van der Waals surface area contributed by atoms with E-state index < -0.39 is 0 Å². The Hall–Kier alpha value is -2.09. The molecule has 0 saturated carbocycles. The summed E-state index contributed by atoms with van der Waals surface area (Å²) in [4.78, 5) is 10.9. The summed E-state index contributed by atoms with van der Waals surface area (Å²) in [6, 6.07) is 9.13. The van der Waals surface area contributed by atoms with Crippen LogP contribution in [0, 0.1) is 0 Å². The Kier molecular flexibility index (Phi) is 2.73. The van der Waals surface area contributed by atoms with E-state index >= 15 is 0 Å². The average molecular weight is 212 g/mol. The van der Waals surface area contributed by atoms with E-state index in [1.807, 2.05) is 43.3 Å². The Morgan fingerprint density at radius 3 is 2.69 bits per heavy atom. The van der Waals surface area contributed by atoms with Gasteiger partial charge in [-0.2, -0.15) is 0 Å². The molecule has 0 bridgehead atoms. The molecule has 0 heterocycles. The predicted molar refractivity (Wildman–Crippen MR) is 65.7 cm³/mol. The van der Waals surface area contributed by atoms with Crippen LogP contribution in [0.1, 0.15) is 22.8 Å². The molecule has 0 aliphatic rings. The van der Waals surface area contributed by atoms with Crippen LogP contribution in [-0.2, 0) is 0 Å². The van der Waals surface area contributed by atoms with Crippen LogP contribution < -0.4 is 0 Å². The number of hydrogen-bond acceptors (Lipinski definition) is 2. The van der Waals surface area contributed by atoms with Gasteiger partial charge in [-0.15, -0.1) is 0 Å². The van der Waals surface area contributed by atoms with Gasteiger partial charge in [0.25, 0.3) is 0 Å². The van der Waals surface area contributed by atoms with Gasteiger partial charge in [-0.25, -0.2) is 0 Å². The van der Waals surface area contributed by atoms with Crippen molar-refractivity contribution in [3.63, 3.8) is 0 Å². The van der Waals surface area contributed by atoms with Gasteiger partial charge >= 0.3 is 0 Å². The summed E-state index contributed by atoms with van der Waals surface area (Å²) >= 11 is 0. The highest BCUT2D eigenvalue weighted by molar-refractivity contribution is 6.01. The quantitative estimate of drug-likeness (QED) is 0.775. The Balaban J connectivity index is 2.73. The zero-order valence-corrected chi connectivity index (χ0v) is 8.97. The number of benzene rings is 2. The predicted octanol–water partition coefficient (Wildman–Crippen LogP) is 3.39. The van der Waals surface area contributed by atoms with Crippen molar-refractivity contribution in [2.75, 3.05) is 0 Å². The third-order valence-corrected chi connectivity index (χ3v) is 2.54. The molecule has 0 saturated heterocycles. The Bertz CT molecular complexity index is 568. The van der Waals surface area contributed by atoms with E-state index in [0.717, 1.165) is 16.3 Å². The summed E-state index contributed by atoms with van der Waals surface area (Å²) in [6.07, 6.45) is 4.64. The number of allylic oxidation sites excluding steroid dienone is 1. The van der Waals surface area contributed by atoms with Gasteiger partial charge in [0.1, 0.15) is 5.75 Å². The van der Waals surface area contributed by atoms with Gasteiger partial charge in [-0.1, -0.05) is 30.4 Å². The van der Waals surface area contributed by atoms with Crippen LogP contribution in [0.2, 0.25) is 0 Å². The summed E-state index contributed by atoms with van der Waals surface area (Å²) in [7, 11) is 0. The van der Waals surface area contributed by atoms with Crippen molar-refractivity contribution in [1.29, 1.82) is 0 Å². The summed E-state index contributed by atoms with van der Waals surface area (Å²) in [6.45, 7) is 1.96. The van der Waals surface area contributed by atoms with Gasteiger partial charge in [-0.05, 0) is 35.4 Å². The van der Waals surface area contributed by atoms with Gasteiger partial charge in [-0.3, -0.25) is 4.79 Å². The van der Waals surface area contributed by atoms with Crippen molar-refractivity contribution in [1.82, 2.24) is 0 Å². The molecule has 0 fully saturated rings. The van der Waals surface area contributed by atoms with Crippen molar-refractivity contribution in [3.8, 4) is 5.75 Å². The number of aromatic hydroxyl groups is 1. The van der Waals surface area contributed by atoms with Gasteiger partial charge in [0.2, 0.25) is 0 Å². The minimum absolute atomic E-state index is 0.0290.